The first kappa shape index (κ1) is 34.4. The predicted molar refractivity (Wildman–Crippen MR) is 189 cm³/mol. The van der Waals surface area contributed by atoms with Crippen LogP contribution in [0.2, 0.25) is 0 Å². The largest absolute Gasteiger partial charge is 0.373 e. The van der Waals surface area contributed by atoms with Gasteiger partial charge in [0, 0.05) is 70.6 Å². The third kappa shape index (κ3) is 8.52. The Labute approximate surface area is 266 Å². The summed E-state index contributed by atoms with van der Waals surface area (Å²) < 4.78 is 27.5. The molecule has 3 rings (SSSR count). The van der Waals surface area contributed by atoms with Crippen LogP contribution in [0.25, 0.3) is 22.3 Å². The number of anilines is 1. The Morgan fingerprint density at radius 2 is 1.84 bits per heavy atom. The lowest BCUT2D eigenvalue weighted by Crippen LogP contribution is -2.26. The molecule has 44 heavy (non-hydrogen) atoms. The van der Waals surface area contributed by atoms with Crippen molar-refractivity contribution in [2.45, 2.75) is 40.0 Å². The third-order valence-electron chi connectivity index (χ3n) is 7.60. The molecule has 0 bridgehead atoms. The fraction of sp³-hybridized carbons (Fsp3) is 0.270. The average Bonchev–Trinajstić information content (AvgIpc) is 3.63. The number of likely N-dealkylation sites (tertiary alicyclic amines) is 1. The van der Waals surface area contributed by atoms with Crippen LogP contribution in [-0.2, 0) is 0 Å². The number of thiophene rings is 1. The summed E-state index contributed by atoms with van der Waals surface area (Å²) in [6, 6.07) is 6.22. The Bertz CT molecular complexity index is 1580. The van der Waals surface area contributed by atoms with Crippen LogP contribution in [0.3, 0.4) is 0 Å². The van der Waals surface area contributed by atoms with Crippen LogP contribution < -0.4 is 10.6 Å². The molecule has 0 spiro atoms. The van der Waals surface area contributed by atoms with Gasteiger partial charge in [-0.3, -0.25) is 4.90 Å². The van der Waals surface area contributed by atoms with Gasteiger partial charge in [0.15, 0.2) is 0 Å². The lowest BCUT2D eigenvalue weighted by molar-refractivity contribution is 0.0131. The van der Waals surface area contributed by atoms with Crippen LogP contribution in [0.15, 0.2) is 110 Å². The van der Waals surface area contributed by atoms with Crippen molar-refractivity contribution in [2.75, 3.05) is 32.0 Å². The number of aromatic nitrogens is 1. The van der Waals surface area contributed by atoms with Gasteiger partial charge in [-0.2, -0.15) is 0 Å². The Hall–Kier alpha value is -4.07. The highest BCUT2D eigenvalue weighted by atomic mass is 32.1. The van der Waals surface area contributed by atoms with E-state index in [9.17, 15) is 8.78 Å². The van der Waals surface area contributed by atoms with E-state index in [1.54, 1.807) is 34.6 Å². The van der Waals surface area contributed by atoms with E-state index >= 15 is 0 Å². The van der Waals surface area contributed by atoms with E-state index in [0.29, 0.717) is 30.2 Å². The highest BCUT2D eigenvalue weighted by molar-refractivity contribution is 7.14. The van der Waals surface area contributed by atoms with Gasteiger partial charge in [-0.05, 0) is 73.8 Å². The molecule has 2 aromatic heterocycles. The second kappa shape index (κ2) is 15.1. The number of nitrogens with zero attached hydrogens (tertiary/aromatic N) is 2. The van der Waals surface area contributed by atoms with Crippen molar-refractivity contribution in [2.24, 2.45) is 0 Å². The zero-order chi connectivity index (χ0) is 32.6. The molecule has 0 unspecified atom stereocenters. The van der Waals surface area contributed by atoms with Crippen molar-refractivity contribution >= 4 is 39.4 Å². The van der Waals surface area contributed by atoms with Gasteiger partial charge in [0.1, 0.15) is 5.82 Å². The summed E-state index contributed by atoms with van der Waals surface area (Å²) in [5.74, 6) is -1.97. The quantitative estimate of drug-likeness (QED) is 0.208. The van der Waals surface area contributed by atoms with E-state index in [0.717, 1.165) is 54.4 Å². The first-order valence-corrected chi connectivity index (χ1v) is 15.4. The predicted octanol–water partition coefficient (Wildman–Crippen LogP) is 9.75. The molecule has 2 aromatic rings. The molecule has 232 valence electrons. The summed E-state index contributed by atoms with van der Waals surface area (Å²) >= 11 is 1.70. The molecule has 1 aliphatic rings. The second-order valence-corrected chi connectivity index (χ2v) is 12.0. The number of hydrogen-bond donors (Lipinski definition) is 2. The standard InChI is InChI=1S/C37H44F2N4S/c1-11-14-32(35-16-15-34(44-35)24(4)5)25(6)27(8)42-28(9)26(7)33-20-31(21-41-36(33)40-10)30(13-3)19-29(12-2)22-43-18-17-37(38,39)23-43/h11-16,19-21,42H,1-2,4,7,9,17-18,22-23H2,3,5-6,8,10H3,(H,40,41)/b27-25+,29-19+,30-13+,32-14+. The maximum Gasteiger partial charge on any atom is 0.261 e. The Balaban J connectivity index is 1.87. The minimum atomic E-state index is -2.64. The van der Waals surface area contributed by atoms with Gasteiger partial charge in [0.2, 0.25) is 0 Å². The number of allylic oxidation sites excluding steroid dienone is 10. The number of nitrogens with one attached hydrogen (secondary N) is 2. The molecule has 0 aromatic carbocycles. The van der Waals surface area contributed by atoms with Crippen LogP contribution in [0.5, 0.6) is 0 Å². The van der Waals surface area contributed by atoms with Gasteiger partial charge in [-0.1, -0.05) is 63.3 Å². The summed E-state index contributed by atoms with van der Waals surface area (Å²) in [4.78, 5) is 8.70. The van der Waals surface area contributed by atoms with E-state index in [1.165, 1.54) is 0 Å². The lowest BCUT2D eigenvalue weighted by Gasteiger charge is -2.19. The van der Waals surface area contributed by atoms with E-state index in [-0.39, 0.29) is 13.0 Å². The molecular weight excluding hydrogens is 570 g/mol. The molecule has 0 radical (unpaired) electrons. The molecule has 1 aliphatic heterocycles. The van der Waals surface area contributed by atoms with Crippen molar-refractivity contribution in [3.63, 3.8) is 0 Å². The van der Waals surface area contributed by atoms with Crippen molar-refractivity contribution in [3.05, 3.63) is 131 Å². The molecule has 1 fully saturated rings. The summed E-state index contributed by atoms with van der Waals surface area (Å²) in [7, 11) is 1.81. The van der Waals surface area contributed by atoms with Crippen LogP contribution in [0.1, 0.15) is 55.0 Å². The first-order chi connectivity index (χ1) is 20.8. The Morgan fingerprint density at radius 1 is 1.14 bits per heavy atom. The first-order valence-electron chi connectivity index (χ1n) is 14.5. The molecular formula is C37H44F2N4S. The fourth-order valence-electron chi connectivity index (χ4n) is 4.94. The molecule has 0 saturated carbocycles. The van der Waals surface area contributed by atoms with Crippen LogP contribution in [-0.4, -0.2) is 42.5 Å². The molecule has 0 aliphatic carbocycles. The van der Waals surface area contributed by atoms with E-state index in [1.807, 2.05) is 52.1 Å². The lowest BCUT2D eigenvalue weighted by atomic mass is 9.98. The number of hydrogen-bond acceptors (Lipinski definition) is 5. The smallest absolute Gasteiger partial charge is 0.261 e. The Morgan fingerprint density at radius 3 is 2.39 bits per heavy atom. The van der Waals surface area contributed by atoms with E-state index < -0.39 is 5.92 Å². The van der Waals surface area contributed by atoms with Crippen LogP contribution >= 0.6 is 11.3 Å². The summed E-state index contributed by atoms with van der Waals surface area (Å²) in [5, 5.41) is 6.61. The average molecular weight is 615 g/mol. The molecule has 0 amide bonds. The van der Waals surface area contributed by atoms with Crippen molar-refractivity contribution in [1.82, 2.24) is 15.2 Å². The fourth-order valence-corrected chi connectivity index (χ4v) is 5.95. The second-order valence-electron chi connectivity index (χ2n) is 10.9. The molecule has 7 heteroatoms. The normalized spacial score (nSPS) is 16.3. The molecule has 3 heterocycles. The third-order valence-corrected chi connectivity index (χ3v) is 8.88. The van der Waals surface area contributed by atoms with Gasteiger partial charge in [0.05, 0.1) is 6.54 Å². The number of halogens is 2. The summed E-state index contributed by atoms with van der Waals surface area (Å²) in [5.41, 5.74) is 8.86. The minimum Gasteiger partial charge on any atom is -0.373 e. The molecule has 1 saturated heterocycles. The monoisotopic (exact) mass is 614 g/mol. The van der Waals surface area contributed by atoms with Crippen molar-refractivity contribution in [3.8, 4) is 0 Å². The summed E-state index contributed by atoms with van der Waals surface area (Å²) in [6.07, 6.45) is 11.2. The SMILES string of the molecule is C=C/C=C(\C(C)=C(/C)NC(=C)C(=C)c1cc(C(/C=C(\C=C)CN2CCC(F)(F)C2)=C/C)cnc1NC)c1ccc(C(=C)C)s1. The van der Waals surface area contributed by atoms with Gasteiger partial charge in [-0.15, -0.1) is 11.3 Å². The number of pyridine rings is 1. The number of alkyl halides is 2. The maximum absolute atomic E-state index is 13.8. The number of rotatable bonds is 14. The highest BCUT2D eigenvalue weighted by Gasteiger charge is 2.37. The minimum absolute atomic E-state index is 0.114. The Kier molecular flexibility index (Phi) is 11.8. The summed E-state index contributed by atoms with van der Waals surface area (Å²) in [6.45, 7) is 29.1. The van der Waals surface area contributed by atoms with Crippen LogP contribution in [0.4, 0.5) is 14.6 Å². The van der Waals surface area contributed by atoms with Gasteiger partial charge in [-0.25, -0.2) is 13.8 Å². The zero-order valence-electron chi connectivity index (χ0n) is 26.6. The topological polar surface area (TPSA) is 40.2 Å². The molecule has 0 atom stereocenters. The zero-order valence-corrected chi connectivity index (χ0v) is 27.4. The van der Waals surface area contributed by atoms with Crippen molar-refractivity contribution in [1.29, 1.82) is 0 Å². The maximum atomic E-state index is 13.8. The van der Waals surface area contributed by atoms with Gasteiger partial charge >= 0.3 is 0 Å². The molecule has 4 nitrogen and oxygen atoms in total. The molecule has 2 N–H and O–H groups in total. The van der Waals surface area contributed by atoms with E-state index in [4.69, 9.17) is 0 Å². The van der Waals surface area contributed by atoms with E-state index in [2.05, 4.69) is 67.6 Å². The van der Waals surface area contributed by atoms with Crippen LogP contribution in [0, 0.1) is 0 Å². The van der Waals surface area contributed by atoms with Gasteiger partial charge in [0.25, 0.3) is 5.92 Å². The van der Waals surface area contributed by atoms with Crippen molar-refractivity contribution < 1.29 is 8.78 Å². The highest BCUT2D eigenvalue weighted by Crippen LogP contribution is 2.34. The van der Waals surface area contributed by atoms with Gasteiger partial charge < -0.3 is 10.6 Å².